The highest BCUT2D eigenvalue weighted by Crippen LogP contribution is 2.32. The Hall–Kier alpha value is -2.57. The molecule has 7 nitrogen and oxygen atoms in total. The minimum Gasteiger partial charge on any atom is -0.454 e. The summed E-state index contributed by atoms with van der Waals surface area (Å²) in [5.41, 5.74) is 1.10. The van der Waals surface area contributed by atoms with Gasteiger partial charge >= 0.3 is 0 Å². The molecule has 0 bridgehead atoms. The third-order valence-electron chi connectivity index (χ3n) is 4.10. The predicted octanol–water partition coefficient (Wildman–Crippen LogP) is 2.20. The molecule has 1 N–H and O–H groups in total. The quantitative estimate of drug-likeness (QED) is 0.927. The number of aromatic nitrogens is 3. The highest BCUT2D eigenvalue weighted by molar-refractivity contribution is 5.46. The van der Waals surface area contributed by atoms with Crippen LogP contribution in [0.15, 0.2) is 24.4 Å². The molecule has 0 unspecified atom stereocenters. The number of anilines is 2. The fraction of sp³-hybridized carbons (Fsp3) is 0.438. The van der Waals surface area contributed by atoms with Crippen molar-refractivity contribution in [1.29, 1.82) is 0 Å². The number of ether oxygens (including phenoxy) is 2. The first-order chi connectivity index (χ1) is 11.4. The van der Waals surface area contributed by atoms with Gasteiger partial charge in [-0.1, -0.05) is 6.07 Å². The first kappa shape index (κ1) is 14.0. The largest absolute Gasteiger partial charge is 0.454 e. The van der Waals surface area contributed by atoms with Gasteiger partial charge in [-0.25, -0.2) is 0 Å². The maximum Gasteiger partial charge on any atom is 0.247 e. The van der Waals surface area contributed by atoms with E-state index in [9.17, 15) is 0 Å². The van der Waals surface area contributed by atoms with E-state index in [1.54, 1.807) is 6.20 Å². The molecule has 2 aromatic rings. The molecule has 7 heteroatoms. The van der Waals surface area contributed by atoms with Gasteiger partial charge in [-0.2, -0.15) is 10.1 Å². The average Bonchev–Trinajstić information content (AvgIpc) is 3.09. The fourth-order valence-electron chi connectivity index (χ4n) is 2.85. The van der Waals surface area contributed by atoms with E-state index in [4.69, 9.17) is 9.47 Å². The maximum absolute atomic E-state index is 5.39. The second-order valence-electron chi connectivity index (χ2n) is 5.73. The second kappa shape index (κ2) is 6.28. The molecular formula is C16H19N5O2. The number of hydrogen-bond donors (Lipinski definition) is 1. The third-order valence-corrected chi connectivity index (χ3v) is 4.10. The molecule has 4 rings (SSSR count). The zero-order valence-electron chi connectivity index (χ0n) is 12.9. The molecule has 1 saturated heterocycles. The molecule has 120 valence electrons. The second-order valence-corrected chi connectivity index (χ2v) is 5.73. The van der Waals surface area contributed by atoms with Gasteiger partial charge in [0.1, 0.15) is 0 Å². The number of piperidine rings is 1. The van der Waals surface area contributed by atoms with Crippen molar-refractivity contribution in [2.45, 2.75) is 25.8 Å². The summed E-state index contributed by atoms with van der Waals surface area (Å²) in [7, 11) is 0. The van der Waals surface area contributed by atoms with Gasteiger partial charge in [-0.15, -0.1) is 5.10 Å². The van der Waals surface area contributed by atoms with Crippen LogP contribution in [0.5, 0.6) is 11.5 Å². The lowest BCUT2D eigenvalue weighted by atomic mass is 10.1. The van der Waals surface area contributed by atoms with Crippen LogP contribution in [0.1, 0.15) is 24.8 Å². The highest BCUT2D eigenvalue weighted by atomic mass is 16.7. The zero-order valence-corrected chi connectivity index (χ0v) is 12.9. The van der Waals surface area contributed by atoms with Crippen molar-refractivity contribution in [3.8, 4) is 11.5 Å². The van der Waals surface area contributed by atoms with E-state index < -0.39 is 0 Å². The van der Waals surface area contributed by atoms with E-state index in [0.717, 1.165) is 36.0 Å². The summed E-state index contributed by atoms with van der Waals surface area (Å²) in [4.78, 5) is 6.77. The Labute approximate surface area is 134 Å². The molecule has 0 radical (unpaired) electrons. The van der Waals surface area contributed by atoms with Crippen molar-refractivity contribution in [2.24, 2.45) is 0 Å². The van der Waals surface area contributed by atoms with Crippen LogP contribution in [0.3, 0.4) is 0 Å². The van der Waals surface area contributed by atoms with Crippen LogP contribution in [0.4, 0.5) is 11.8 Å². The lowest BCUT2D eigenvalue weighted by Gasteiger charge is -2.26. The number of benzene rings is 1. The minimum atomic E-state index is 0.293. The van der Waals surface area contributed by atoms with Crippen molar-refractivity contribution in [3.05, 3.63) is 30.0 Å². The Bertz CT molecular complexity index is 688. The van der Waals surface area contributed by atoms with Gasteiger partial charge in [0.15, 0.2) is 17.3 Å². The summed E-state index contributed by atoms with van der Waals surface area (Å²) in [6.07, 6.45) is 5.32. The molecule has 2 aliphatic rings. The topological polar surface area (TPSA) is 72.4 Å². The normalized spacial score (nSPS) is 16.4. The first-order valence-corrected chi connectivity index (χ1v) is 7.95. The van der Waals surface area contributed by atoms with Crippen LogP contribution < -0.4 is 19.7 Å². The molecule has 23 heavy (non-hydrogen) atoms. The Morgan fingerprint density at radius 2 is 1.96 bits per heavy atom. The van der Waals surface area contributed by atoms with Gasteiger partial charge in [0, 0.05) is 19.6 Å². The van der Waals surface area contributed by atoms with Gasteiger partial charge in [-0.05, 0) is 37.0 Å². The minimum absolute atomic E-state index is 0.293. The number of hydrogen-bond acceptors (Lipinski definition) is 7. The van der Waals surface area contributed by atoms with Gasteiger partial charge in [-0.3, -0.25) is 0 Å². The van der Waals surface area contributed by atoms with E-state index in [0.29, 0.717) is 19.3 Å². The molecule has 1 fully saturated rings. The lowest BCUT2D eigenvalue weighted by Crippen LogP contribution is -2.31. The SMILES string of the molecule is c1cc2c(cc1CNc1cnnc(N3CCCCC3)n1)OCO2. The molecule has 0 saturated carbocycles. The Balaban J connectivity index is 1.42. The average molecular weight is 313 g/mol. The maximum atomic E-state index is 5.39. The zero-order chi connectivity index (χ0) is 15.5. The van der Waals surface area contributed by atoms with Crippen molar-refractivity contribution in [1.82, 2.24) is 15.2 Å². The molecule has 1 aromatic carbocycles. The van der Waals surface area contributed by atoms with Gasteiger partial charge in [0.05, 0.1) is 6.20 Å². The number of rotatable bonds is 4. The predicted molar refractivity (Wildman–Crippen MR) is 85.8 cm³/mol. The van der Waals surface area contributed by atoms with E-state index in [1.807, 2.05) is 18.2 Å². The van der Waals surface area contributed by atoms with E-state index in [-0.39, 0.29) is 0 Å². The van der Waals surface area contributed by atoms with Gasteiger partial charge < -0.3 is 19.7 Å². The van der Waals surface area contributed by atoms with E-state index in [1.165, 1.54) is 19.3 Å². The van der Waals surface area contributed by atoms with Crippen LogP contribution in [-0.2, 0) is 6.54 Å². The summed E-state index contributed by atoms with van der Waals surface area (Å²) in [5.74, 6) is 3.03. The van der Waals surface area contributed by atoms with E-state index >= 15 is 0 Å². The molecule has 0 spiro atoms. The van der Waals surface area contributed by atoms with Gasteiger partial charge in [0.25, 0.3) is 0 Å². The molecule has 2 aliphatic heterocycles. The molecule has 1 aromatic heterocycles. The van der Waals surface area contributed by atoms with Crippen LogP contribution in [-0.4, -0.2) is 35.1 Å². The summed E-state index contributed by atoms with van der Waals surface area (Å²) < 4.78 is 10.7. The Morgan fingerprint density at radius 3 is 2.87 bits per heavy atom. The Morgan fingerprint density at radius 1 is 1.09 bits per heavy atom. The van der Waals surface area contributed by atoms with Gasteiger partial charge in [0.2, 0.25) is 12.7 Å². The van der Waals surface area contributed by atoms with Crippen molar-refractivity contribution in [2.75, 3.05) is 30.1 Å². The van der Waals surface area contributed by atoms with Crippen LogP contribution >= 0.6 is 0 Å². The van der Waals surface area contributed by atoms with Crippen LogP contribution in [0, 0.1) is 0 Å². The summed E-state index contributed by atoms with van der Waals surface area (Å²) in [6, 6.07) is 5.92. The van der Waals surface area contributed by atoms with Crippen molar-refractivity contribution in [3.63, 3.8) is 0 Å². The molecule has 0 amide bonds. The summed E-state index contributed by atoms with van der Waals surface area (Å²) >= 11 is 0. The van der Waals surface area contributed by atoms with Crippen molar-refractivity contribution >= 4 is 11.8 Å². The molecule has 0 aliphatic carbocycles. The van der Waals surface area contributed by atoms with Crippen LogP contribution in [0.2, 0.25) is 0 Å². The smallest absolute Gasteiger partial charge is 0.247 e. The Kier molecular flexibility index (Phi) is 3.83. The number of fused-ring (bicyclic) bond motifs is 1. The fourth-order valence-corrected chi connectivity index (χ4v) is 2.85. The standard InChI is InChI=1S/C16H19N5O2/c1-2-6-21(7-3-1)16-19-15(10-18-20-16)17-9-12-4-5-13-14(8-12)23-11-22-13/h4-5,8,10H,1-3,6-7,9,11H2,(H,17,19,20). The molecule has 3 heterocycles. The first-order valence-electron chi connectivity index (χ1n) is 7.95. The highest BCUT2D eigenvalue weighted by Gasteiger charge is 2.15. The monoisotopic (exact) mass is 313 g/mol. The summed E-state index contributed by atoms with van der Waals surface area (Å²) in [6.45, 7) is 2.95. The number of nitrogens with zero attached hydrogens (tertiary/aromatic N) is 4. The molecule has 0 atom stereocenters. The third kappa shape index (κ3) is 3.13. The lowest BCUT2D eigenvalue weighted by molar-refractivity contribution is 0.174. The summed E-state index contributed by atoms with van der Waals surface area (Å²) in [5, 5.41) is 11.5. The molecular weight excluding hydrogens is 294 g/mol. The van der Waals surface area contributed by atoms with E-state index in [2.05, 4.69) is 25.4 Å². The van der Waals surface area contributed by atoms with Crippen LogP contribution in [0.25, 0.3) is 0 Å². The number of nitrogens with one attached hydrogen (secondary N) is 1. The van der Waals surface area contributed by atoms with Crippen molar-refractivity contribution < 1.29 is 9.47 Å².